The van der Waals surface area contributed by atoms with E-state index in [1.165, 1.54) is 44.5 Å². The Balaban J connectivity index is 0.00000272. The van der Waals surface area contributed by atoms with Crippen LogP contribution < -0.4 is 20.1 Å². The third-order valence-electron chi connectivity index (χ3n) is 6.72. The number of benzene rings is 1. The van der Waals surface area contributed by atoms with E-state index >= 15 is 0 Å². The lowest BCUT2D eigenvalue weighted by Gasteiger charge is -2.39. The van der Waals surface area contributed by atoms with Gasteiger partial charge in [0.05, 0.1) is 0 Å². The highest BCUT2D eigenvalue weighted by Gasteiger charge is 2.36. The Hall–Kier alpha value is -1.26. The molecule has 1 aromatic carbocycles. The zero-order valence-corrected chi connectivity index (χ0v) is 21.2. The molecule has 3 heterocycles. The summed E-state index contributed by atoms with van der Waals surface area (Å²) in [6.45, 7) is 8.48. The molecule has 4 rings (SSSR count). The van der Waals surface area contributed by atoms with E-state index < -0.39 is 0 Å². The molecule has 3 aliphatic rings. The molecule has 0 bridgehead atoms. The number of piperidine rings is 1. The fourth-order valence-corrected chi connectivity index (χ4v) is 4.81. The van der Waals surface area contributed by atoms with Crippen LogP contribution in [0.5, 0.6) is 11.5 Å². The number of ether oxygens (including phenoxy) is 3. The van der Waals surface area contributed by atoms with Crippen LogP contribution in [0.2, 0.25) is 0 Å². The molecular formula is C23H37IN4O3. The Morgan fingerprint density at radius 1 is 1.16 bits per heavy atom. The smallest absolute Gasteiger partial charge is 0.231 e. The molecule has 31 heavy (non-hydrogen) atoms. The van der Waals surface area contributed by atoms with Crippen molar-refractivity contribution in [3.8, 4) is 11.5 Å². The first-order valence-electron chi connectivity index (χ1n) is 11.4. The minimum atomic E-state index is 0. The normalized spacial score (nSPS) is 21.4. The number of aliphatic imine (C=N–C) groups is 1. The molecule has 0 spiro atoms. The van der Waals surface area contributed by atoms with Crippen LogP contribution >= 0.6 is 24.0 Å². The van der Waals surface area contributed by atoms with Gasteiger partial charge < -0.3 is 29.7 Å². The van der Waals surface area contributed by atoms with Crippen molar-refractivity contribution in [2.75, 3.05) is 53.2 Å². The van der Waals surface area contributed by atoms with Gasteiger partial charge in [0.25, 0.3) is 0 Å². The van der Waals surface area contributed by atoms with Crippen LogP contribution in [-0.4, -0.2) is 70.1 Å². The van der Waals surface area contributed by atoms with E-state index in [9.17, 15) is 0 Å². The molecule has 2 fully saturated rings. The van der Waals surface area contributed by atoms with Gasteiger partial charge in [0, 0.05) is 51.4 Å². The van der Waals surface area contributed by atoms with Gasteiger partial charge in [-0.1, -0.05) is 13.0 Å². The third kappa shape index (κ3) is 5.96. The topological polar surface area (TPSA) is 67.4 Å². The number of hydrogen-bond donors (Lipinski definition) is 2. The molecule has 3 aliphatic heterocycles. The van der Waals surface area contributed by atoms with Crippen molar-refractivity contribution >= 4 is 29.9 Å². The van der Waals surface area contributed by atoms with Crippen LogP contribution in [0, 0.1) is 0 Å². The standard InChI is InChI=1S/C23H36N4O3.HI/c1-3-10-27-11-6-19(7-12-27)26-22(24-2)25-16-23(8-13-28-14-9-23)18-4-5-20-21(15-18)30-17-29-20;/h4-5,15,19H,3,6-14,16-17H2,1-2H3,(H2,24,25,26);1H. The van der Waals surface area contributed by atoms with Crippen molar-refractivity contribution in [2.45, 2.75) is 50.5 Å². The van der Waals surface area contributed by atoms with Crippen LogP contribution in [0.15, 0.2) is 23.2 Å². The third-order valence-corrected chi connectivity index (χ3v) is 6.72. The fraction of sp³-hybridized carbons (Fsp3) is 0.696. The van der Waals surface area contributed by atoms with Crippen LogP contribution in [0.1, 0.15) is 44.6 Å². The molecule has 2 N–H and O–H groups in total. The summed E-state index contributed by atoms with van der Waals surface area (Å²) in [5.74, 6) is 2.58. The molecule has 0 saturated carbocycles. The second kappa shape index (κ2) is 11.6. The maximum absolute atomic E-state index is 5.69. The summed E-state index contributed by atoms with van der Waals surface area (Å²) in [6.07, 6.45) is 5.52. The summed E-state index contributed by atoms with van der Waals surface area (Å²) in [5.41, 5.74) is 1.28. The number of fused-ring (bicyclic) bond motifs is 1. The Kier molecular flexibility index (Phi) is 9.09. The largest absolute Gasteiger partial charge is 0.454 e. The number of nitrogens with zero attached hydrogens (tertiary/aromatic N) is 2. The summed E-state index contributed by atoms with van der Waals surface area (Å²) >= 11 is 0. The zero-order chi connectivity index (χ0) is 20.8. The number of hydrogen-bond acceptors (Lipinski definition) is 5. The average Bonchev–Trinajstić information content (AvgIpc) is 3.26. The van der Waals surface area contributed by atoms with Crippen LogP contribution in [0.3, 0.4) is 0 Å². The van der Waals surface area contributed by atoms with Gasteiger partial charge >= 0.3 is 0 Å². The first kappa shape index (κ1) is 24.4. The zero-order valence-electron chi connectivity index (χ0n) is 18.8. The van der Waals surface area contributed by atoms with Crippen molar-refractivity contribution in [3.05, 3.63) is 23.8 Å². The van der Waals surface area contributed by atoms with Crippen molar-refractivity contribution in [3.63, 3.8) is 0 Å². The van der Waals surface area contributed by atoms with E-state index in [4.69, 9.17) is 14.2 Å². The van der Waals surface area contributed by atoms with Gasteiger partial charge in [0.2, 0.25) is 6.79 Å². The van der Waals surface area contributed by atoms with Crippen molar-refractivity contribution < 1.29 is 14.2 Å². The van der Waals surface area contributed by atoms with Gasteiger partial charge in [-0.15, -0.1) is 24.0 Å². The number of nitrogens with one attached hydrogen (secondary N) is 2. The lowest BCUT2D eigenvalue weighted by atomic mass is 9.74. The Labute approximate surface area is 203 Å². The highest BCUT2D eigenvalue weighted by atomic mass is 127. The fourth-order valence-electron chi connectivity index (χ4n) is 4.81. The summed E-state index contributed by atoms with van der Waals surface area (Å²) < 4.78 is 16.8. The molecule has 2 saturated heterocycles. The monoisotopic (exact) mass is 544 g/mol. The molecule has 0 aromatic heterocycles. The number of rotatable bonds is 6. The van der Waals surface area contributed by atoms with E-state index in [1.54, 1.807) is 0 Å². The van der Waals surface area contributed by atoms with Gasteiger partial charge in [-0.25, -0.2) is 0 Å². The Bertz CT molecular complexity index is 732. The molecule has 1 aromatic rings. The molecule has 0 atom stereocenters. The first-order valence-corrected chi connectivity index (χ1v) is 11.4. The van der Waals surface area contributed by atoms with Gasteiger partial charge in [-0.2, -0.15) is 0 Å². The highest BCUT2D eigenvalue weighted by Crippen LogP contribution is 2.40. The second-order valence-corrected chi connectivity index (χ2v) is 8.65. The van der Waals surface area contributed by atoms with Gasteiger partial charge in [0.1, 0.15) is 0 Å². The number of guanidine groups is 1. The van der Waals surface area contributed by atoms with E-state index in [2.05, 4.69) is 39.6 Å². The van der Waals surface area contributed by atoms with Crippen LogP contribution in [0.25, 0.3) is 0 Å². The van der Waals surface area contributed by atoms with Crippen molar-refractivity contribution in [2.24, 2.45) is 4.99 Å². The maximum Gasteiger partial charge on any atom is 0.231 e. The molecule has 0 amide bonds. The molecule has 7 nitrogen and oxygen atoms in total. The van der Waals surface area contributed by atoms with E-state index in [0.717, 1.165) is 50.1 Å². The van der Waals surface area contributed by atoms with E-state index in [-0.39, 0.29) is 29.4 Å². The lowest BCUT2D eigenvalue weighted by Crippen LogP contribution is -2.52. The first-order chi connectivity index (χ1) is 14.7. The Morgan fingerprint density at radius 3 is 2.61 bits per heavy atom. The van der Waals surface area contributed by atoms with Gasteiger partial charge in [-0.05, 0) is 56.3 Å². The highest BCUT2D eigenvalue weighted by molar-refractivity contribution is 14.0. The molecule has 8 heteroatoms. The van der Waals surface area contributed by atoms with Crippen LogP contribution in [0.4, 0.5) is 0 Å². The SMILES string of the molecule is CCCN1CCC(NC(=NC)NCC2(c3ccc4c(c3)OCO4)CCOCC2)CC1.I. The quantitative estimate of drug-likeness (QED) is 0.326. The van der Waals surface area contributed by atoms with Crippen molar-refractivity contribution in [1.29, 1.82) is 0 Å². The molecule has 0 radical (unpaired) electrons. The van der Waals surface area contributed by atoms with Crippen LogP contribution in [-0.2, 0) is 10.2 Å². The summed E-state index contributed by atoms with van der Waals surface area (Å²) in [6, 6.07) is 6.85. The number of likely N-dealkylation sites (tertiary alicyclic amines) is 1. The van der Waals surface area contributed by atoms with E-state index in [0.29, 0.717) is 12.8 Å². The lowest BCUT2D eigenvalue weighted by molar-refractivity contribution is 0.0513. The molecule has 0 aliphatic carbocycles. The van der Waals surface area contributed by atoms with E-state index in [1.807, 2.05) is 13.1 Å². The van der Waals surface area contributed by atoms with Crippen molar-refractivity contribution in [1.82, 2.24) is 15.5 Å². The maximum atomic E-state index is 5.69. The predicted molar refractivity (Wildman–Crippen MR) is 134 cm³/mol. The molecular weight excluding hydrogens is 507 g/mol. The molecule has 174 valence electrons. The predicted octanol–water partition coefficient (Wildman–Crippen LogP) is 3.12. The average molecular weight is 544 g/mol. The summed E-state index contributed by atoms with van der Waals surface area (Å²) in [4.78, 5) is 7.07. The Morgan fingerprint density at radius 2 is 1.90 bits per heavy atom. The summed E-state index contributed by atoms with van der Waals surface area (Å²) in [5, 5.41) is 7.28. The number of halogens is 1. The minimum absolute atomic E-state index is 0. The summed E-state index contributed by atoms with van der Waals surface area (Å²) in [7, 11) is 1.86. The van der Waals surface area contributed by atoms with Gasteiger partial charge in [-0.3, -0.25) is 4.99 Å². The molecule has 0 unspecified atom stereocenters. The second-order valence-electron chi connectivity index (χ2n) is 8.65. The van der Waals surface area contributed by atoms with Gasteiger partial charge in [0.15, 0.2) is 17.5 Å². The minimum Gasteiger partial charge on any atom is -0.454 e.